The van der Waals surface area contributed by atoms with Crippen LogP contribution in [0.2, 0.25) is 0 Å². The fourth-order valence-corrected chi connectivity index (χ4v) is 2.68. The molecular formula is C16H14N2O2S. The molecule has 1 N–H and O–H groups in total. The molecule has 1 heterocycles. The fourth-order valence-electron chi connectivity index (χ4n) is 2.00. The summed E-state index contributed by atoms with van der Waals surface area (Å²) < 4.78 is 9.64. The number of aryl methyl sites for hydroxylation is 1. The van der Waals surface area contributed by atoms with Crippen molar-refractivity contribution in [3.05, 3.63) is 54.2 Å². The van der Waals surface area contributed by atoms with Crippen molar-refractivity contribution in [1.82, 2.24) is 4.37 Å². The summed E-state index contributed by atoms with van der Waals surface area (Å²) in [6.45, 7) is 1.87. The van der Waals surface area contributed by atoms with E-state index in [1.807, 2.05) is 55.5 Å². The predicted octanol–water partition coefficient (Wildman–Crippen LogP) is 3.62. The molecule has 0 aliphatic heterocycles. The number of hydrogen-bond acceptors (Lipinski definition) is 4. The van der Waals surface area contributed by atoms with Crippen LogP contribution < -0.4 is 10.1 Å². The summed E-state index contributed by atoms with van der Waals surface area (Å²) in [7, 11) is 0. The van der Waals surface area contributed by atoms with Crippen molar-refractivity contribution < 1.29 is 9.53 Å². The number of aromatic nitrogens is 1. The van der Waals surface area contributed by atoms with E-state index in [4.69, 9.17) is 4.74 Å². The average Bonchev–Trinajstić information content (AvgIpc) is 2.90. The number of carbonyl (C=O) groups excluding carboxylic acids is 1. The van der Waals surface area contributed by atoms with Crippen LogP contribution in [-0.4, -0.2) is 16.9 Å². The number of fused-ring (bicyclic) bond motifs is 1. The highest BCUT2D eigenvalue weighted by atomic mass is 32.1. The van der Waals surface area contributed by atoms with Crippen LogP contribution in [0.4, 0.5) is 5.00 Å². The third-order valence-corrected chi connectivity index (χ3v) is 3.78. The molecule has 3 aromatic rings. The Labute approximate surface area is 126 Å². The second-order valence-corrected chi connectivity index (χ2v) is 5.48. The Morgan fingerprint density at radius 1 is 1.19 bits per heavy atom. The standard InChI is InChI=1S/C16H14N2O2S/c1-11-8-16(21-18-11)17-15(19)10-20-14-7-6-12-4-2-3-5-13(12)9-14/h2-9H,10H2,1H3,(H,17,19). The van der Waals surface area contributed by atoms with Crippen molar-refractivity contribution in [2.45, 2.75) is 6.92 Å². The summed E-state index contributed by atoms with van der Waals surface area (Å²) in [5.41, 5.74) is 0.894. The molecule has 1 amide bonds. The Kier molecular flexibility index (Phi) is 3.83. The first kappa shape index (κ1) is 13.6. The molecule has 0 atom stereocenters. The molecule has 5 heteroatoms. The summed E-state index contributed by atoms with van der Waals surface area (Å²) in [5, 5.41) is 5.74. The number of anilines is 1. The van der Waals surface area contributed by atoms with Crippen molar-refractivity contribution in [2.75, 3.05) is 11.9 Å². The highest BCUT2D eigenvalue weighted by Gasteiger charge is 2.06. The second kappa shape index (κ2) is 5.93. The highest BCUT2D eigenvalue weighted by Crippen LogP contribution is 2.20. The van der Waals surface area contributed by atoms with Gasteiger partial charge in [-0.2, -0.15) is 4.37 Å². The van der Waals surface area contributed by atoms with Crippen LogP contribution in [0.1, 0.15) is 5.69 Å². The first-order valence-corrected chi connectivity index (χ1v) is 7.33. The maximum atomic E-state index is 11.8. The summed E-state index contributed by atoms with van der Waals surface area (Å²) in [4.78, 5) is 11.8. The molecule has 3 rings (SSSR count). The summed E-state index contributed by atoms with van der Waals surface area (Å²) in [6, 6.07) is 15.6. The van der Waals surface area contributed by atoms with Gasteiger partial charge in [0, 0.05) is 0 Å². The molecule has 106 valence electrons. The van der Waals surface area contributed by atoms with Crippen LogP contribution in [0.5, 0.6) is 5.75 Å². The maximum absolute atomic E-state index is 11.8. The number of rotatable bonds is 4. The topological polar surface area (TPSA) is 51.2 Å². The van der Waals surface area contributed by atoms with Gasteiger partial charge in [0.15, 0.2) is 6.61 Å². The molecule has 0 saturated heterocycles. The maximum Gasteiger partial charge on any atom is 0.262 e. The molecule has 21 heavy (non-hydrogen) atoms. The lowest BCUT2D eigenvalue weighted by Gasteiger charge is -2.07. The lowest BCUT2D eigenvalue weighted by Crippen LogP contribution is -2.19. The molecule has 0 aliphatic rings. The van der Waals surface area contributed by atoms with Crippen LogP contribution in [0.15, 0.2) is 48.5 Å². The van der Waals surface area contributed by atoms with Gasteiger partial charge in [0.05, 0.1) is 5.69 Å². The zero-order chi connectivity index (χ0) is 14.7. The molecule has 2 aromatic carbocycles. The molecule has 0 unspecified atom stereocenters. The van der Waals surface area contributed by atoms with E-state index >= 15 is 0 Å². The van der Waals surface area contributed by atoms with Gasteiger partial charge in [0.25, 0.3) is 5.91 Å². The Morgan fingerprint density at radius 3 is 2.76 bits per heavy atom. The molecule has 0 fully saturated rings. The number of nitrogens with zero attached hydrogens (tertiary/aromatic N) is 1. The van der Waals surface area contributed by atoms with Crippen LogP contribution in [0.3, 0.4) is 0 Å². The normalized spacial score (nSPS) is 10.5. The zero-order valence-corrected chi connectivity index (χ0v) is 12.3. The van der Waals surface area contributed by atoms with E-state index in [9.17, 15) is 4.79 Å². The smallest absolute Gasteiger partial charge is 0.262 e. The number of nitrogens with one attached hydrogen (secondary N) is 1. The van der Waals surface area contributed by atoms with Crippen molar-refractivity contribution in [3.63, 3.8) is 0 Å². The van der Waals surface area contributed by atoms with E-state index in [0.29, 0.717) is 5.75 Å². The molecule has 0 spiro atoms. The fraction of sp³-hybridized carbons (Fsp3) is 0.125. The molecular weight excluding hydrogens is 284 g/mol. The SMILES string of the molecule is Cc1cc(NC(=O)COc2ccc3ccccc3c2)sn1. The summed E-state index contributed by atoms with van der Waals surface area (Å²) in [6.07, 6.45) is 0. The van der Waals surface area contributed by atoms with E-state index in [2.05, 4.69) is 9.69 Å². The molecule has 4 nitrogen and oxygen atoms in total. The minimum atomic E-state index is -0.188. The van der Waals surface area contributed by atoms with Gasteiger partial charge in [0.2, 0.25) is 0 Å². The summed E-state index contributed by atoms with van der Waals surface area (Å²) in [5.74, 6) is 0.496. The Balaban J connectivity index is 1.61. The van der Waals surface area contributed by atoms with Gasteiger partial charge < -0.3 is 10.1 Å². The number of ether oxygens (including phenoxy) is 1. The van der Waals surface area contributed by atoms with E-state index in [0.717, 1.165) is 21.5 Å². The van der Waals surface area contributed by atoms with Crippen molar-refractivity contribution >= 4 is 33.2 Å². The lowest BCUT2D eigenvalue weighted by atomic mass is 10.1. The van der Waals surface area contributed by atoms with Crippen molar-refractivity contribution in [3.8, 4) is 5.75 Å². The number of carbonyl (C=O) groups is 1. The van der Waals surface area contributed by atoms with Crippen molar-refractivity contribution in [2.24, 2.45) is 0 Å². The average molecular weight is 298 g/mol. The molecule has 0 aliphatic carbocycles. The predicted molar refractivity (Wildman–Crippen MR) is 84.9 cm³/mol. The van der Waals surface area contributed by atoms with Gasteiger partial charge in [-0.25, -0.2) is 0 Å². The zero-order valence-electron chi connectivity index (χ0n) is 11.5. The molecule has 0 bridgehead atoms. The van der Waals surface area contributed by atoms with E-state index in [1.165, 1.54) is 11.5 Å². The Hall–Kier alpha value is -2.40. The van der Waals surface area contributed by atoms with Gasteiger partial charge in [-0.15, -0.1) is 0 Å². The molecule has 1 aromatic heterocycles. The van der Waals surface area contributed by atoms with Gasteiger partial charge >= 0.3 is 0 Å². The van der Waals surface area contributed by atoms with Gasteiger partial charge in [-0.05, 0) is 47.4 Å². The first-order chi connectivity index (χ1) is 10.2. The Bertz CT molecular complexity index is 783. The van der Waals surface area contributed by atoms with E-state index < -0.39 is 0 Å². The third kappa shape index (κ3) is 3.38. The van der Waals surface area contributed by atoms with E-state index in [1.54, 1.807) is 0 Å². The summed E-state index contributed by atoms with van der Waals surface area (Å²) >= 11 is 1.26. The van der Waals surface area contributed by atoms with Crippen LogP contribution in [0.25, 0.3) is 10.8 Å². The van der Waals surface area contributed by atoms with Crippen molar-refractivity contribution in [1.29, 1.82) is 0 Å². The number of benzene rings is 2. The van der Waals surface area contributed by atoms with Gasteiger partial charge in [-0.1, -0.05) is 30.3 Å². The second-order valence-electron chi connectivity index (χ2n) is 4.68. The first-order valence-electron chi connectivity index (χ1n) is 6.55. The quantitative estimate of drug-likeness (QED) is 0.800. The third-order valence-electron chi connectivity index (χ3n) is 2.98. The highest BCUT2D eigenvalue weighted by molar-refractivity contribution is 7.10. The minimum absolute atomic E-state index is 0.0186. The molecule has 0 radical (unpaired) electrons. The minimum Gasteiger partial charge on any atom is -0.484 e. The molecule has 0 saturated carbocycles. The largest absolute Gasteiger partial charge is 0.484 e. The van der Waals surface area contributed by atoms with Gasteiger partial charge in [0.1, 0.15) is 10.8 Å². The lowest BCUT2D eigenvalue weighted by molar-refractivity contribution is -0.118. The monoisotopic (exact) mass is 298 g/mol. The van der Waals surface area contributed by atoms with Crippen LogP contribution in [0, 0.1) is 6.92 Å². The van der Waals surface area contributed by atoms with E-state index in [-0.39, 0.29) is 12.5 Å². The Morgan fingerprint density at radius 2 is 2.00 bits per heavy atom. The van der Waals surface area contributed by atoms with Gasteiger partial charge in [-0.3, -0.25) is 4.79 Å². The van der Waals surface area contributed by atoms with Crippen LogP contribution in [-0.2, 0) is 4.79 Å². The number of amides is 1. The number of hydrogen-bond donors (Lipinski definition) is 1. The van der Waals surface area contributed by atoms with Crippen LogP contribution >= 0.6 is 11.5 Å².